The summed E-state index contributed by atoms with van der Waals surface area (Å²) in [4.78, 5) is 11.8. The summed E-state index contributed by atoms with van der Waals surface area (Å²) < 4.78 is 69.1. The van der Waals surface area contributed by atoms with Crippen LogP contribution in [0.1, 0.15) is 205 Å². The van der Waals surface area contributed by atoms with Gasteiger partial charge in [0.2, 0.25) is 64.7 Å². The summed E-state index contributed by atoms with van der Waals surface area (Å²) in [5.41, 5.74) is 34.5. The van der Waals surface area contributed by atoms with Gasteiger partial charge in [0, 0.05) is 52.5 Å². The van der Waals surface area contributed by atoms with Gasteiger partial charge in [-0.2, -0.15) is 39.5 Å². The van der Waals surface area contributed by atoms with Gasteiger partial charge in [0.05, 0.1) is 60.5 Å². The molecule has 5 aliphatic heterocycles. The first-order chi connectivity index (χ1) is 59.7. The summed E-state index contributed by atoms with van der Waals surface area (Å²) in [6.07, 6.45) is -4.50. The molecule has 1 amide bonds. The number of amides is 1. The molecule has 5 aliphatic rings. The number of fused-ring (bicyclic) bond motifs is 5. The van der Waals surface area contributed by atoms with Crippen LogP contribution in [0.15, 0.2) is 148 Å². The molecule has 13 N–H and O–H groups in total. The van der Waals surface area contributed by atoms with E-state index in [1.165, 1.54) is 6.92 Å². The topological polar surface area (TPSA) is 428 Å². The molecule has 0 saturated heterocycles. The molecule has 15 rings (SSSR count). The average molecular weight is 1760 g/mol. The van der Waals surface area contributed by atoms with Gasteiger partial charge in [-0.1, -0.05) is 175 Å². The minimum absolute atomic E-state index is 0.0102. The highest BCUT2D eigenvalue weighted by molar-refractivity contribution is 6.31. The molecule has 127 heavy (non-hydrogen) atoms. The number of aromatic nitrogens is 10. The summed E-state index contributed by atoms with van der Waals surface area (Å²) in [5.74, 6) is 2.16. The average Bonchev–Trinajstić information content (AvgIpc) is 1.71. The SMILES string of the molecule is CC(=O)NC1=C(C#N)C(c2cc(C)cc(C)c2)(C(C)C)c2c(n[nH]c2C)O1.CNC1=C(C#N)C(c2cc(C)cc(C(F)(F)F)c2)(C(C)C)c2c(n[nH]c2C)O1.Cc1cc(C)cc(C2(C(C)C)C(C#N)=C(N)Oc3n[nH]c(C)c32)c1.Cc1cc(Cl)cc(C2(C(C)C)C(C#N)=C(N)Oc3n[nH]c(C)c32)c1.Cc1cc(Cl)cc(C2(C(C)C)C(C#N)=C(N)Oc3n[nH]c(C)c32)c1. The fraction of sp³-hybridized carbons (Fsp3) is 0.365. The molecule has 5 unspecified atom stereocenters. The Kier molecular flexibility index (Phi) is 26.5. The molecule has 0 saturated carbocycles. The van der Waals surface area contributed by atoms with Crippen molar-refractivity contribution in [3.05, 3.63) is 287 Å². The fourth-order valence-electron chi connectivity index (χ4n) is 19.7. The Morgan fingerprint density at radius 2 is 0.598 bits per heavy atom. The number of hydrogen-bond acceptors (Lipinski definition) is 20. The van der Waals surface area contributed by atoms with E-state index in [4.69, 9.17) is 64.1 Å². The monoisotopic (exact) mass is 1760 g/mol. The third kappa shape index (κ3) is 15.9. The maximum atomic E-state index is 13.5. The molecule has 0 radical (unpaired) electrons. The zero-order valence-electron chi connectivity index (χ0n) is 75.6. The number of hydrogen-bond donors (Lipinski definition) is 10. The first-order valence-corrected chi connectivity index (χ1v) is 42.0. The second-order valence-electron chi connectivity index (χ2n) is 34.5. The van der Waals surface area contributed by atoms with E-state index in [9.17, 15) is 44.3 Å². The number of allylic oxidation sites excluding steroid dienone is 5. The highest BCUT2D eigenvalue weighted by Gasteiger charge is 2.57. The van der Waals surface area contributed by atoms with Crippen molar-refractivity contribution in [3.8, 4) is 59.7 Å². The molecular formula is C96H105Cl2F3N20O6. The van der Waals surface area contributed by atoms with Crippen LogP contribution in [0, 0.1) is 169 Å². The van der Waals surface area contributed by atoms with Crippen molar-refractivity contribution in [1.82, 2.24) is 61.6 Å². The highest BCUT2D eigenvalue weighted by atomic mass is 35.5. The molecule has 660 valence electrons. The van der Waals surface area contributed by atoms with E-state index in [2.05, 4.69) is 198 Å². The number of nitrogens with two attached hydrogens (primary N) is 3. The van der Waals surface area contributed by atoms with Gasteiger partial charge in [0.15, 0.2) is 0 Å². The summed E-state index contributed by atoms with van der Waals surface area (Å²) in [6, 6.07) is 39.6. The van der Waals surface area contributed by atoms with Crippen LogP contribution in [-0.4, -0.2) is 63.9 Å². The number of halogens is 5. The van der Waals surface area contributed by atoms with E-state index in [-0.39, 0.29) is 76.4 Å². The third-order valence-electron chi connectivity index (χ3n) is 24.3. The van der Waals surface area contributed by atoms with Gasteiger partial charge in [0.1, 0.15) is 58.2 Å². The van der Waals surface area contributed by atoms with Crippen LogP contribution in [0.2, 0.25) is 10.0 Å². The van der Waals surface area contributed by atoms with Crippen molar-refractivity contribution in [2.45, 2.75) is 192 Å². The maximum absolute atomic E-state index is 13.5. The maximum Gasteiger partial charge on any atom is 0.416 e. The molecule has 0 bridgehead atoms. The fourth-order valence-corrected chi connectivity index (χ4v) is 20.3. The van der Waals surface area contributed by atoms with E-state index < -0.39 is 38.8 Å². The first kappa shape index (κ1) is 94.0. The Hall–Kier alpha value is -13.7. The zero-order valence-corrected chi connectivity index (χ0v) is 77.1. The normalized spacial score (nSPS) is 19.5. The molecule has 31 heteroatoms. The number of H-pyrrole nitrogens is 5. The quantitative estimate of drug-likeness (QED) is 0.0543. The van der Waals surface area contributed by atoms with E-state index in [0.29, 0.717) is 78.2 Å². The van der Waals surface area contributed by atoms with Crippen LogP contribution in [0.3, 0.4) is 0 Å². The predicted molar refractivity (Wildman–Crippen MR) is 477 cm³/mol. The molecule has 26 nitrogen and oxygen atoms in total. The van der Waals surface area contributed by atoms with Crippen molar-refractivity contribution < 1.29 is 41.7 Å². The van der Waals surface area contributed by atoms with Crippen molar-refractivity contribution in [3.63, 3.8) is 0 Å². The molecule has 10 heterocycles. The van der Waals surface area contributed by atoms with Crippen molar-refractivity contribution in [2.24, 2.45) is 46.8 Å². The number of alkyl halides is 3. The zero-order chi connectivity index (χ0) is 93.7. The van der Waals surface area contributed by atoms with Gasteiger partial charge < -0.3 is 46.2 Å². The van der Waals surface area contributed by atoms with Gasteiger partial charge in [-0.05, 0) is 188 Å². The van der Waals surface area contributed by atoms with E-state index in [1.807, 2.05) is 106 Å². The lowest BCUT2D eigenvalue weighted by Gasteiger charge is -2.41. The molecule has 5 aromatic heterocycles. The van der Waals surface area contributed by atoms with Gasteiger partial charge in [-0.3, -0.25) is 35.6 Å². The molecule has 0 aliphatic carbocycles. The molecule has 5 aromatic carbocycles. The number of aryl methyl sites for hydroxylation is 12. The Bertz CT molecular complexity index is 6020. The Morgan fingerprint density at radius 1 is 0.370 bits per heavy atom. The van der Waals surface area contributed by atoms with E-state index in [1.54, 1.807) is 27.0 Å². The van der Waals surface area contributed by atoms with Crippen molar-refractivity contribution in [2.75, 3.05) is 7.05 Å². The predicted octanol–water partition coefficient (Wildman–Crippen LogP) is 18.7. The van der Waals surface area contributed by atoms with Gasteiger partial charge in [-0.25, -0.2) is 0 Å². The number of benzene rings is 5. The number of nitriles is 5. The van der Waals surface area contributed by atoms with Gasteiger partial charge >= 0.3 is 6.18 Å². The van der Waals surface area contributed by atoms with Crippen LogP contribution < -0.4 is 51.5 Å². The Morgan fingerprint density at radius 3 is 0.843 bits per heavy atom. The van der Waals surface area contributed by atoms with Gasteiger partial charge in [0.25, 0.3) is 0 Å². The Labute approximate surface area is 747 Å². The number of aromatic amines is 5. The second-order valence-corrected chi connectivity index (χ2v) is 35.3. The minimum atomic E-state index is -4.50. The van der Waals surface area contributed by atoms with E-state index in [0.717, 1.165) is 113 Å². The lowest BCUT2D eigenvalue weighted by Crippen LogP contribution is -2.43. The molecule has 5 atom stereocenters. The van der Waals surface area contributed by atoms with Crippen LogP contribution in [0.25, 0.3) is 0 Å². The number of ether oxygens (including phenoxy) is 5. The number of nitrogens with zero attached hydrogens (tertiary/aromatic N) is 10. The first-order valence-electron chi connectivity index (χ1n) is 41.3. The minimum Gasteiger partial charge on any atom is -0.420 e. The molecular weight excluding hydrogens is 1660 g/mol. The third-order valence-corrected chi connectivity index (χ3v) is 24.8. The lowest BCUT2D eigenvalue weighted by atomic mass is 9.61. The summed E-state index contributed by atoms with van der Waals surface area (Å²) >= 11 is 12.6. The van der Waals surface area contributed by atoms with E-state index >= 15 is 0 Å². The molecule has 10 aromatic rings. The smallest absolute Gasteiger partial charge is 0.416 e. The summed E-state index contributed by atoms with van der Waals surface area (Å²) in [7, 11) is 1.60. The van der Waals surface area contributed by atoms with Crippen LogP contribution >= 0.6 is 23.2 Å². The van der Waals surface area contributed by atoms with Crippen molar-refractivity contribution in [1.29, 1.82) is 26.3 Å². The number of carbonyl (C=O) groups excluding carboxylic acids is 1. The molecule has 0 fully saturated rings. The summed E-state index contributed by atoms with van der Waals surface area (Å²) in [6.45, 7) is 45.0. The number of carbonyl (C=O) groups is 1. The number of rotatable bonds is 12. The van der Waals surface area contributed by atoms with Gasteiger partial charge in [-0.15, -0.1) is 25.5 Å². The van der Waals surface area contributed by atoms with Crippen LogP contribution in [0.5, 0.6) is 29.4 Å². The van der Waals surface area contributed by atoms with Crippen LogP contribution in [-0.2, 0) is 38.0 Å². The second kappa shape index (κ2) is 35.8. The molecule has 0 spiro atoms. The largest absolute Gasteiger partial charge is 0.420 e. The standard InChI is InChI=1S/C21H24N4O2.C20H21F3N4O.C19H22N4O.2C18H19ClN4O/c1-11(2)21(16-8-12(3)7-13(4)9-16)17(10-22)19(23-15(6)26)27-20-18(21)14(5)24-25-20;1-10(2)19(13-6-11(3)7-14(8-13)20(21,22)23)15(9-24)17(25-5)28-18-16(19)12(4)26-27-18;1-10(2)19(14-7-11(3)6-12(4)8-14)15(9-20)17(21)24-18-16(19)13(5)22-23-18;2*1-9(2)18(12-5-10(3)6-13(19)7-12)14(8-20)16(21)24-17-15(18)11(4)22-23-17/h7-9,11H,1-6H3,(H,23,26)(H,24,25);6-8,10,25H,1-5H3,(H,26,27);6-8,10H,21H2,1-5H3,(H,22,23);2*5-7,9H,21H2,1-4H3,(H,22,23). The highest BCUT2D eigenvalue weighted by Crippen LogP contribution is 2.59. The van der Waals surface area contributed by atoms with Crippen LogP contribution in [0.4, 0.5) is 13.2 Å². The van der Waals surface area contributed by atoms with Crippen molar-refractivity contribution >= 4 is 29.1 Å². The summed E-state index contributed by atoms with van der Waals surface area (Å²) in [5, 5.41) is 92.4. The lowest BCUT2D eigenvalue weighted by molar-refractivity contribution is -0.137. The number of nitrogens with one attached hydrogen (secondary N) is 7. The Balaban J connectivity index is 0.000000154.